The molecule has 1 fully saturated rings. The molecular weight excluding hydrogens is 258 g/mol. The molecule has 0 bridgehead atoms. The lowest BCUT2D eigenvalue weighted by Crippen LogP contribution is -2.12. The van der Waals surface area contributed by atoms with Gasteiger partial charge in [-0.1, -0.05) is 43.0 Å². The van der Waals surface area contributed by atoms with Crippen molar-refractivity contribution in [3.05, 3.63) is 35.7 Å². The molecule has 1 aliphatic carbocycles. The van der Waals surface area contributed by atoms with Crippen LogP contribution in [0.1, 0.15) is 56.3 Å². The summed E-state index contributed by atoms with van der Waals surface area (Å²) in [4.78, 5) is 4.95. The standard InChI is InChI=1S/C18H25N3/c1-3-21-17(19)16(15-11-7-8-13(2)12-15)20-18(21)14-9-5-4-6-10-14/h7-8,11-12,14H,3-6,9-10,19H2,1-2H3. The van der Waals surface area contributed by atoms with Crippen molar-refractivity contribution in [2.24, 2.45) is 0 Å². The van der Waals surface area contributed by atoms with E-state index in [-0.39, 0.29) is 0 Å². The highest BCUT2D eigenvalue weighted by Gasteiger charge is 2.24. The molecule has 1 aromatic carbocycles. The van der Waals surface area contributed by atoms with Crippen LogP contribution in [0.2, 0.25) is 0 Å². The number of imidazole rings is 1. The Balaban J connectivity index is 2.04. The lowest BCUT2D eigenvalue weighted by Gasteiger charge is -2.21. The molecule has 0 amide bonds. The molecule has 3 rings (SSSR count). The number of aromatic nitrogens is 2. The predicted molar refractivity (Wildman–Crippen MR) is 88.3 cm³/mol. The molecule has 3 nitrogen and oxygen atoms in total. The van der Waals surface area contributed by atoms with Gasteiger partial charge in [-0.05, 0) is 32.8 Å². The van der Waals surface area contributed by atoms with E-state index in [1.807, 2.05) is 0 Å². The molecule has 1 saturated carbocycles. The van der Waals surface area contributed by atoms with Crippen LogP contribution in [0.15, 0.2) is 24.3 Å². The summed E-state index contributed by atoms with van der Waals surface area (Å²) in [6.45, 7) is 5.17. The third kappa shape index (κ3) is 2.69. The summed E-state index contributed by atoms with van der Waals surface area (Å²) >= 11 is 0. The molecule has 0 atom stereocenters. The molecule has 0 aliphatic heterocycles. The number of rotatable bonds is 3. The van der Waals surface area contributed by atoms with Gasteiger partial charge in [0.25, 0.3) is 0 Å². The van der Waals surface area contributed by atoms with Gasteiger partial charge in [0.05, 0.1) is 0 Å². The molecule has 112 valence electrons. The summed E-state index contributed by atoms with van der Waals surface area (Å²) in [5.74, 6) is 2.61. The zero-order valence-electron chi connectivity index (χ0n) is 13.1. The topological polar surface area (TPSA) is 43.8 Å². The zero-order valence-corrected chi connectivity index (χ0v) is 13.1. The number of hydrogen-bond acceptors (Lipinski definition) is 2. The van der Waals surface area contributed by atoms with Crippen LogP contribution in [-0.2, 0) is 6.54 Å². The summed E-state index contributed by atoms with van der Waals surface area (Å²) in [5, 5.41) is 0. The number of nitrogen functional groups attached to an aromatic ring is 1. The number of aryl methyl sites for hydroxylation is 1. The number of hydrogen-bond donors (Lipinski definition) is 1. The maximum atomic E-state index is 6.40. The van der Waals surface area contributed by atoms with Gasteiger partial charge in [-0.25, -0.2) is 4.98 Å². The molecule has 0 saturated heterocycles. The van der Waals surface area contributed by atoms with Crippen LogP contribution in [0.5, 0.6) is 0 Å². The number of nitrogens with two attached hydrogens (primary N) is 1. The van der Waals surface area contributed by atoms with Crippen LogP contribution in [0.4, 0.5) is 5.82 Å². The predicted octanol–water partition coefficient (Wildman–Crippen LogP) is 4.51. The van der Waals surface area contributed by atoms with Crippen molar-refractivity contribution in [3.63, 3.8) is 0 Å². The van der Waals surface area contributed by atoms with E-state index in [0.29, 0.717) is 5.92 Å². The second-order valence-corrected chi connectivity index (χ2v) is 6.15. The SMILES string of the molecule is CCn1c(C2CCCCC2)nc(-c2cccc(C)c2)c1N. The Labute approximate surface area is 127 Å². The van der Waals surface area contributed by atoms with E-state index in [9.17, 15) is 0 Å². The molecule has 0 spiro atoms. The van der Waals surface area contributed by atoms with E-state index < -0.39 is 0 Å². The van der Waals surface area contributed by atoms with E-state index in [1.54, 1.807) is 0 Å². The summed E-state index contributed by atoms with van der Waals surface area (Å²) in [7, 11) is 0. The van der Waals surface area contributed by atoms with Crippen LogP contribution in [0, 0.1) is 6.92 Å². The minimum atomic E-state index is 0.583. The Morgan fingerprint density at radius 3 is 2.67 bits per heavy atom. The summed E-state index contributed by atoms with van der Waals surface area (Å²) in [6.07, 6.45) is 6.51. The first-order chi connectivity index (χ1) is 10.2. The molecule has 1 heterocycles. The zero-order chi connectivity index (χ0) is 14.8. The summed E-state index contributed by atoms with van der Waals surface area (Å²) in [6, 6.07) is 8.47. The van der Waals surface area contributed by atoms with Gasteiger partial charge >= 0.3 is 0 Å². The fourth-order valence-electron chi connectivity index (χ4n) is 3.49. The molecule has 2 N–H and O–H groups in total. The average Bonchev–Trinajstić information content (AvgIpc) is 2.85. The van der Waals surface area contributed by atoms with Gasteiger partial charge in [-0.3, -0.25) is 0 Å². The van der Waals surface area contributed by atoms with Crippen molar-refractivity contribution < 1.29 is 0 Å². The van der Waals surface area contributed by atoms with Crippen LogP contribution in [-0.4, -0.2) is 9.55 Å². The van der Waals surface area contributed by atoms with Gasteiger partial charge < -0.3 is 10.3 Å². The fourth-order valence-corrected chi connectivity index (χ4v) is 3.49. The monoisotopic (exact) mass is 283 g/mol. The van der Waals surface area contributed by atoms with Gasteiger partial charge in [-0.2, -0.15) is 0 Å². The quantitative estimate of drug-likeness (QED) is 0.900. The highest BCUT2D eigenvalue weighted by Crippen LogP contribution is 2.36. The largest absolute Gasteiger partial charge is 0.383 e. The van der Waals surface area contributed by atoms with Gasteiger partial charge in [0.2, 0.25) is 0 Å². The van der Waals surface area contributed by atoms with Crippen LogP contribution < -0.4 is 5.73 Å². The fraction of sp³-hybridized carbons (Fsp3) is 0.500. The van der Waals surface area contributed by atoms with Crippen molar-refractivity contribution in [2.45, 2.75) is 58.4 Å². The summed E-state index contributed by atoms with van der Waals surface area (Å²) in [5.41, 5.74) is 9.75. The number of anilines is 1. The van der Waals surface area contributed by atoms with Crippen LogP contribution in [0.25, 0.3) is 11.3 Å². The first-order valence-electron chi connectivity index (χ1n) is 8.13. The minimum Gasteiger partial charge on any atom is -0.383 e. The Morgan fingerprint density at radius 2 is 2.00 bits per heavy atom. The summed E-state index contributed by atoms with van der Waals surface area (Å²) < 4.78 is 2.22. The average molecular weight is 283 g/mol. The van der Waals surface area contributed by atoms with E-state index in [1.165, 1.54) is 43.5 Å². The van der Waals surface area contributed by atoms with Crippen molar-refractivity contribution in [1.82, 2.24) is 9.55 Å². The molecule has 2 aromatic rings. The van der Waals surface area contributed by atoms with Gasteiger partial charge in [0, 0.05) is 18.0 Å². The Hall–Kier alpha value is -1.77. The Morgan fingerprint density at radius 1 is 1.24 bits per heavy atom. The first-order valence-corrected chi connectivity index (χ1v) is 8.13. The van der Waals surface area contributed by atoms with Crippen LogP contribution in [0.3, 0.4) is 0 Å². The van der Waals surface area contributed by atoms with Gasteiger partial charge in [0.1, 0.15) is 17.3 Å². The molecule has 0 radical (unpaired) electrons. The van der Waals surface area contributed by atoms with Gasteiger partial charge in [-0.15, -0.1) is 0 Å². The molecule has 3 heteroatoms. The third-order valence-electron chi connectivity index (χ3n) is 4.61. The lowest BCUT2D eigenvalue weighted by atomic mass is 9.88. The Kier molecular flexibility index (Phi) is 4.00. The molecule has 0 unspecified atom stereocenters. The second kappa shape index (κ2) is 5.92. The first kappa shape index (κ1) is 14.2. The normalized spacial score (nSPS) is 16.3. The second-order valence-electron chi connectivity index (χ2n) is 6.15. The van der Waals surface area contributed by atoms with Crippen molar-refractivity contribution in [1.29, 1.82) is 0 Å². The molecule has 1 aromatic heterocycles. The lowest BCUT2D eigenvalue weighted by molar-refractivity contribution is 0.418. The van der Waals surface area contributed by atoms with Crippen LogP contribution >= 0.6 is 0 Å². The van der Waals surface area contributed by atoms with Crippen molar-refractivity contribution in [2.75, 3.05) is 5.73 Å². The smallest absolute Gasteiger partial charge is 0.131 e. The minimum absolute atomic E-state index is 0.583. The van der Waals surface area contributed by atoms with E-state index >= 15 is 0 Å². The molecular formula is C18H25N3. The number of nitrogens with zero attached hydrogens (tertiary/aromatic N) is 2. The van der Waals surface area contributed by atoms with Crippen molar-refractivity contribution in [3.8, 4) is 11.3 Å². The van der Waals surface area contributed by atoms with E-state index in [2.05, 4.69) is 42.7 Å². The Bertz CT molecular complexity index is 621. The maximum Gasteiger partial charge on any atom is 0.131 e. The molecule has 21 heavy (non-hydrogen) atoms. The van der Waals surface area contributed by atoms with Gasteiger partial charge in [0.15, 0.2) is 0 Å². The molecule has 1 aliphatic rings. The van der Waals surface area contributed by atoms with E-state index in [4.69, 9.17) is 10.7 Å². The van der Waals surface area contributed by atoms with Crippen molar-refractivity contribution >= 4 is 5.82 Å². The third-order valence-corrected chi connectivity index (χ3v) is 4.61. The number of benzene rings is 1. The maximum absolute atomic E-state index is 6.40. The van der Waals surface area contributed by atoms with E-state index in [0.717, 1.165) is 23.6 Å². The highest BCUT2D eigenvalue weighted by molar-refractivity contribution is 5.71. The highest BCUT2D eigenvalue weighted by atomic mass is 15.1.